The maximum Gasteiger partial charge on any atom is 0.228 e. The first kappa shape index (κ1) is 13.1. The highest BCUT2D eigenvalue weighted by molar-refractivity contribution is 5.33. The molecule has 2 N–H and O–H groups in total. The maximum absolute atomic E-state index is 6.10. The quantitative estimate of drug-likeness (QED) is 0.876. The van der Waals surface area contributed by atoms with Crippen LogP contribution in [-0.4, -0.2) is 35.7 Å². The van der Waals surface area contributed by atoms with Gasteiger partial charge in [-0.05, 0) is 18.8 Å². The van der Waals surface area contributed by atoms with Gasteiger partial charge in [-0.2, -0.15) is 4.98 Å². The van der Waals surface area contributed by atoms with Gasteiger partial charge in [0, 0.05) is 31.4 Å². The highest BCUT2D eigenvalue weighted by Crippen LogP contribution is 2.20. The average molecular weight is 250 g/mol. The van der Waals surface area contributed by atoms with Crippen molar-refractivity contribution in [1.29, 1.82) is 0 Å². The summed E-state index contributed by atoms with van der Waals surface area (Å²) < 4.78 is 5.53. The second-order valence-electron chi connectivity index (χ2n) is 4.92. The third-order valence-corrected chi connectivity index (χ3v) is 3.37. The van der Waals surface area contributed by atoms with Gasteiger partial charge in [0.1, 0.15) is 0 Å². The van der Waals surface area contributed by atoms with E-state index in [0.717, 1.165) is 31.9 Å². The highest BCUT2D eigenvalue weighted by atomic mass is 16.5. The molecule has 1 aromatic heterocycles. The zero-order chi connectivity index (χ0) is 13.0. The normalized spacial score (nSPS) is 24.1. The van der Waals surface area contributed by atoms with Crippen molar-refractivity contribution >= 4 is 5.95 Å². The first-order valence-corrected chi connectivity index (χ1v) is 6.67. The molecule has 2 atom stereocenters. The van der Waals surface area contributed by atoms with Crippen LogP contribution in [0.1, 0.15) is 26.7 Å². The van der Waals surface area contributed by atoms with Crippen LogP contribution < -0.4 is 15.4 Å². The van der Waals surface area contributed by atoms with Crippen molar-refractivity contribution in [2.24, 2.45) is 11.7 Å². The fraction of sp³-hybridized carbons (Fsp3) is 0.692. The van der Waals surface area contributed by atoms with E-state index in [9.17, 15) is 0 Å². The second kappa shape index (κ2) is 6.00. The maximum atomic E-state index is 6.10. The van der Waals surface area contributed by atoms with Crippen molar-refractivity contribution in [3.05, 3.63) is 12.3 Å². The first-order chi connectivity index (χ1) is 8.70. The number of hydrogen-bond donors (Lipinski definition) is 1. The van der Waals surface area contributed by atoms with Gasteiger partial charge >= 0.3 is 0 Å². The van der Waals surface area contributed by atoms with E-state index in [2.05, 4.69) is 28.7 Å². The van der Waals surface area contributed by atoms with Gasteiger partial charge in [-0.25, -0.2) is 4.98 Å². The van der Waals surface area contributed by atoms with E-state index in [0.29, 0.717) is 18.4 Å². The molecule has 1 fully saturated rings. The van der Waals surface area contributed by atoms with E-state index >= 15 is 0 Å². The predicted molar refractivity (Wildman–Crippen MR) is 71.8 cm³/mol. The number of nitrogens with zero attached hydrogens (tertiary/aromatic N) is 3. The molecule has 18 heavy (non-hydrogen) atoms. The van der Waals surface area contributed by atoms with Crippen LogP contribution in [0.15, 0.2) is 12.3 Å². The minimum absolute atomic E-state index is 0.197. The van der Waals surface area contributed by atoms with E-state index in [1.807, 2.05) is 0 Å². The minimum atomic E-state index is 0.197. The Balaban J connectivity index is 2.04. The summed E-state index contributed by atoms with van der Waals surface area (Å²) in [6.45, 7) is 6.74. The van der Waals surface area contributed by atoms with E-state index < -0.39 is 0 Å². The molecule has 0 amide bonds. The molecule has 1 saturated heterocycles. The predicted octanol–water partition coefficient (Wildman–Crippen LogP) is 1.44. The van der Waals surface area contributed by atoms with Crippen molar-refractivity contribution < 1.29 is 4.74 Å². The van der Waals surface area contributed by atoms with E-state index in [1.54, 1.807) is 12.3 Å². The Kier molecular flexibility index (Phi) is 4.36. The molecule has 1 aromatic rings. The molecule has 1 aliphatic heterocycles. The molecule has 2 rings (SSSR count). The zero-order valence-electron chi connectivity index (χ0n) is 11.2. The Bertz CT molecular complexity index is 385. The lowest BCUT2D eigenvalue weighted by Crippen LogP contribution is -2.48. The SMILES string of the molecule is CCCOc1ccnc(N2CCC(C)C(N)C2)n1. The zero-order valence-corrected chi connectivity index (χ0v) is 11.2. The molecule has 0 spiro atoms. The van der Waals surface area contributed by atoms with Gasteiger partial charge in [0.25, 0.3) is 0 Å². The lowest BCUT2D eigenvalue weighted by Gasteiger charge is -2.35. The molecule has 5 heteroatoms. The number of piperidine rings is 1. The molecule has 2 unspecified atom stereocenters. The smallest absolute Gasteiger partial charge is 0.228 e. The van der Waals surface area contributed by atoms with Crippen molar-refractivity contribution in [2.45, 2.75) is 32.7 Å². The number of rotatable bonds is 4. The van der Waals surface area contributed by atoms with Crippen molar-refractivity contribution in [1.82, 2.24) is 9.97 Å². The van der Waals surface area contributed by atoms with Crippen LogP contribution in [0.4, 0.5) is 5.95 Å². The summed E-state index contributed by atoms with van der Waals surface area (Å²) in [5, 5.41) is 0. The van der Waals surface area contributed by atoms with Gasteiger partial charge in [-0.3, -0.25) is 0 Å². The minimum Gasteiger partial charge on any atom is -0.478 e. The van der Waals surface area contributed by atoms with Crippen molar-refractivity contribution in [3.8, 4) is 5.88 Å². The van der Waals surface area contributed by atoms with Crippen LogP contribution in [0.25, 0.3) is 0 Å². The molecule has 0 saturated carbocycles. The number of nitrogens with two attached hydrogens (primary N) is 1. The summed E-state index contributed by atoms with van der Waals surface area (Å²) in [7, 11) is 0. The molecular weight excluding hydrogens is 228 g/mol. The van der Waals surface area contributed by atoms with Crippen molar-refractivity contribution in [2.75, 3.05) is 24.6 Å². The molecule has 100 valence electrons. The van der Waals surface area contributed by atoms with Gasteiger partial charge in [-0.1, -0.05) is 13.8 Å². The fourth-order valence-corrected chi connectivity index (χ4v) is 2.05. The molecule has 0 aliphatic carbocycles. The Labute approximate surface area is 108 Å². The molecule has 2 heterocycles. The molecule has 1 aliphatic rings. The Hall–Kier alpha value is -1.36. The van der Waals surface area contributed by atoms with Gasteiger partial charge in [0.05, 0.1) is 6.61 Å². The van der Waals surface area contributed by atoms with E-state index in [-0.39, 0.29) is 6.04 Å². The number of hydrogen-bond acceptors (Lipinski definition) is 5. The van der Waals surface area contributed by atoms with E-state index in [4.69, 9.17) is 10.5 Å². The topological polar surface area (TPSA) is 64.3 Å². The van der Waals surface area contributed by atoms with Crippen LogP contribution in [0.5, 0.6) is 5.88 Å². The summed E-state index contributed by atoms with van der Waals surface area (Å²) in [5.41, 5.74) is 6.10. The van der Waals surface area contributed by atoms with Gasteiger partial charge in [0.2, 0.25) is 11.8 Å². The summed E-state index contributed by atoms with van der Waals surface area (Å²) in [5.74, 6) is 1.95. The summed E-state index contributed by atoms with van der Waals surface area (Å²) in [4.78, 5) is 10.9. The van der Waals surface area contributed by atoms with Crippen LogP contribution in [0.2, 0.25) is 0 Å². The van der Waals surface area contributed by atoms with Gasteiger partial charge in [-0.15, -0.1) is 0 Å². The standard InChI is InChI=1S/C13H22N4O/c1-3-8-18-12-4-6-15-13(16-12)17-7-5-10(2)11(14)9-17/h4,6,10-11H,3,5,7-9,14H2,1-2H3. The van der Waals surface area contributed by atoms with Crippen LogP contribution >= 0.6 is 0 Å². The number of anilines is 1. The third kappa shape index (κ3) is 3.10. The molecule has 5 nitrogen and oxygen atoms in total. The largest absolute Gasteiger partial charge is 0.478 e. The Morgan fingerprint density at radius 2 is 2.39 bits per heavy atom. The third-order valence-electron chi connectivity index (χ3n) is 3.37. The number of aromatic nitrogens is 2. The summed E-state index contributed by atoms with van der Waals surface area (Å²) >= 11 is 0. The van der Waals surface area contributed by atoms with Crippen LogP contribution in [0, 0.1) is 5.92 Å². The number of ether oxygens (including phenoxy) is 1. The second-order valence-corrected chi connectivity index (χ2v) is 4.92. The lowest BCUT2D eigenvalue weighted by molar-refractivity contribution is 0.304. The first-order valence-electron chi connectivity index (χ1n) is 6.67. The summed E-state index contributed by atoms with van der Waals surface area (Å²) in [6.07, 6.45) is 3.81. The fourth-order valence-electron chi connectivity index (χ4n) is 2.05. The highest BCUT2D eigenvalue weighted by Gasteiger charge is 2.24. The van der Waals surface area contributed by atoms with Crippen LogP contribution in [-0.2, 0) is 0 Å². The molecule has 0 aromatic carbocycles. The van der Waals surface area contributed by atoms with Gasteiger partial charge < -0.3 is 15.4 Å². The monoisotopic (exact) mass is 250 g/mol. The molecule has 0 bridgehead atoms. The average Bonchev–Trinajstić information content (AvgIpc) is 2.40. The van der Waals surface area contributed by atoms with Gasteiger partial charge in [0.15, 0.2) is 0 Å². The molecule has 0 radical (unpaired) electrons. The van der Waals surface area contributed by atoms with Crippen LogP contribution in [0.3, 0.4) is 0 Å². The Morgan fingerprint density at radius 1 is 1.56 bits per heavy atom. The summed E-state index contributed by atoms with van der Waals surface area (Å²) in [6, 6.07) is 1.99. The Morgan fingerprint density at radius 3 is 3.11 bits per heavy atom. The van der Waals surface area contributed by atoms with Crippen molar-refractivity contribution in [3.63, 3.8) is 0 Å². The van der Waals surface area contributed by atoms with E-state index in [1.165, 1.54) is 0 Å². The lowest BCUT2D eigenvalue weighted by atomic mass is 9.95. The molecular formula is C13H22N4O.